The lowest BCUT2D eigenvalue weighted by atomic mass is 10.1. The number of halogens is 1. The van der Waals surface area contributed by atoms with E-state index < -0.39 is 20.7 Å². The maximum Gasteiger partial charge on any atom is 0.240 e. The summed E-state index contributed by atoms with van der Waals surface area (Å²) in [6.07, 6.45) is 0.788. The number of sulfonamides is 1. The number of hydrogen-bond donors (Lipinski definition) is 2. The van der Waals surface area contributed by atoms with E-state index in [0.717, 1.165) is 18.6 Å². The van der Waals surface area contributed by atoms with Gasteiger partial charge in [0.15, 0.2) is 0 Å². The number of carbonyl (C=O) groups is 1. The van der Waals surface area contributed by atoms with Gasteiger partial charge in [0.25, 0.3) is 0 Å². The zero-order chi connectivity index (χ0) is 14.4. The quantitative estimate of drug-likeness (QED) is 0.881. The van der Waals surface area contributed by atoms with Gasteiger partial charge in [0.05, 0.1) is 0 Å². The van der Waals surface area contributed by atoms with Crippen molar-refractivity contribution in [3.63, 3.8) is 0 Å². The summed E-state index contributed by atoms with van der Waals surface area (Å²) < 4.78 is 35.6. The van der Waals surface area contributed by atoms with Crippen LogP contribution < -0.4 is 10.5 Å². The van der Waals surface area contributed by atoms with Crippen LogP contribution in [0, 0.1) is 17.2 Å². The predicted molar refractivity (Wildman–Crippen MR) is 68.3 cm³/mol. The van der Waals surface area contributed by atoms with Crippen LogP contribution in [0.3, 0.4) is 0 Å². The molecule has 1 aromatic rings. The Morgan fingerprint density at radius 3 is 2.47 bits per heavy atom. The van der Waals surface area contributed by atoms with Crippen LogP contribution in [-0.4, -0.2) is 14.3 Å². The zero-order valence-electron chi connectivity index (χ0n) is 10.6. The molecule has 3 N–H and O–H groups in total. The van der Waals surface area contributed by atoms with Crippen LogP contribution in [0.1, 0.15) is 20.3 Å². The van der Waals surface area contributed by atoms with Crippen molar-refractivity contribution in [2.24, 2.45) is 16.5 Å². The molecule has 0 aliphatic heterocycles. The standard InChI is InChI=1S/C12H15FN2O3S/c1-12(2)6-8(12)11(16)15-7-3-4-10(9(13)5-7)19(14,17)18/h3-5,8H,6H2,1-2H3,(H,15,16)(H2,14,17,18). The maximum absolute atomic E-state index is 13.6. The minimum atomic E-state index is -4.09. The summed E-state index contributed by atoms with van der Waals surface area (Å²) in [5.74, 6) is -1.25. The molecular formula is C12H15FN2O3S. The Morgan fingerprint density at radius 1 is 1.47 bits per heavy atom. The van der Waals surface area contributed by atoms with Gasteiger partial charge in [0, 0.05) is 11.6 Å². The van der Waals surface area contributed by atoms with Crippen molar-refractivity contribution < 1.29 is 17.6 Å². The topological polar surface area (TPSA) is 89.3 Å². The first kappa shape index (κ1) is 14.0. The van der Waals surface area contributed by atoms with Gasteiger partial charge in [-0.05, 0) is 30.0 Å². The average Bonchev–Trinajstić information content (AvgIpc) is 2.86. The lowest BCUT2D eigenvalue weighted by Crippen LogP contribution is -2.18. The van der Waals surface area contributed by atoms with Crippen LogP contribution >= 0.6 is 0 Å². The largest absolute Gasteiger partial charge is 0.326 e. The minimum absolute atomic E-state index is 0.0246. The number of amides is 1. The second-order valence-corrected chi connectivity index (χ2v) is 6.95. The number of nitrogens with one attached hydrogen (secondary N) is 1. The van der Waals surface area contributed by atoms with Crippen molar-refractivity contribution in [1.82, 2.24) is 0 Å². The van der Waals surface area contributed by atoms with Crippen LogP contribution in [-0.2, 0) is 14.8 Å². The first-order valence-corrected chi connectivity index (χ1v) is 7.29. The van der Waals surface area contributed by atoms with Gasteiger partial charge in [-0.25, -0.2) is 17.9 Å². The summed E-state index contributed by atoms with van der Waals surface area (Å²) in [6, 6.07) is 3.31. The van der Waals surface area contributed by atoms with E-state index in [1.807, 2.05) is 13.8 Å². The van der Waals surface area contributed by atoms with E-state index in [9.17, 15) is 17.6 Å². The molecule has 1 aromatic carbocycles. The highest BCUT2D eigenvalue weighted by Crippen LogP contribution is 2.51. The number of rotatable bonds is 3. The molecule has 0 bridgehead atoms. The number of anilines is 1. The molecule has 0 aromatic heterocycles. The Balaban J connectivity index is 2.16. The zero-order valence-corrected chi connectivity index (χ0v) is 11.4. The van der Waals surface area contributed by atoms with Crippen molar-refractivity contribution in [1.29, 1.82) is 0 Å². The highest BCUT2D eigenvalue weighted by molar-refractivity contribution is 7.89. The van der Waals surface area contributed by atoms with Gasteiger partial charge in [-0.1, -0.05) is 13.8 Å². The van der Waals surface area contributed by atoms with E-state index >= 15 is 0 Å². The lowest BCUT2D eigenvalue weighted by Gasteiger charge is -2.08. The van der Waals surface area contributed by atoms with Gasteiger partial charge < -0.3 is 5.32 Å². The third-order valence-electron chi connectivity index (χ3n) is 3.34. The number of hydrogen-bond acceptors (Lipinski definition) is 3. The Kier molecular flexibility index (Phi) is 3.14. The summed E-state index contributed by atoms with van der Waals surface area (Å²) in [7, 11) is -4.09. The number of carbonyl (C=O) groups excluding carboxylic acids is 1. The van der Waals surface area contributed by atoms with Crippen molar-refractivity contribution in [3.05, 3.63) is 24.0 Å². The molecule has 0 saturated heterocycles. The van der Waals surface area contributed by atoms with Crippen molar-refractivity contribution in [2.75, 3.05) is 5.32 Å². The van der Waals surface area contributed by atoms with Gasteiger partial charge in [0.1, 0.15) is 10.7 Å². The molecule has 104 valence electrons. The number of primary sulfonamides is 1. The molecule has 1 unspecified atom stereocenters. The predicted octanol–water partition coefficient (Wildman–Crippen LogP) is 1.46. The summed E-state index contributed by atoms with van der Waals surface area (Å²) in [5, 5.41) is 7.41. The first-order chi connectivity index (χ1) is 8.61. The van der Waals surface area contributed by atoms with Gasteiger partial charge in [-0.15, -0.1) is 0 Å². The molecule has 0 heterocycles. The average molecular weight is 286 g/mol. The summed E-state index contributed by atoms with van der Waals surface area (Å²) in [5.41, 5.74) is 0.195. The molecule has 0 radical (unpaired) electrons. The Morgan fingerprint density at radius 2 is 2.05 bits per heavy atom. The second-order valence-electron chi connectivity index (χ2n) is 5.42. The molecule has 1 amide bonds. The van der Waals surface area contributed by atoms with Gasteiger partial charge in [0.2, 0.25) is 15.9 Å². The van der Waals surface area contributed by atoms with Gasteiger partial charge in [-0.2, -0.15) is 0 Å². The highest BCUT2D eigenvalue weighted by Gasteiger charge is 2.50. The van der Waals surface area contributed by atoms with Crippen LogP contribution in [0.25, 0.3) is 0 Å². The van der Waals surface area contributed by atoms with E-state index in [1.165, 1.54) is 6.07 Å². The van der Waals surface area contributed by atoms with Gasteiger partial charge in [-0.3, -0.25) is 4.79 Å². The molecule has 1 aliphatic rings. The number of benzene rings is 1. The number of nitrogens with two attached hydrogens (primary N) is 1. The normalized spacial score (nSPS) is 20.9. The molecule has 7 heteroatoms. The van der Waals surface area contributed by atoms with E-state index in [4.69, 9.17) is 5.14 Å². The Labute approximate surface area is 111 Å². The van der Waals surface area contributed by atoms with Gasteiger partial charge >= 0.3 is 0 Å². The fraction of sp³-hybridized carbons (Fsp3) is 0.417. The summed E-state index contributed by atoms with van der Waals surface area (Å²) >= 11 is 0. The molecule has 5 nitrogen and oxygen atoms in total. The molecule has 1 fully saturated rings. The Hall–Kier alpha value is -1.47. The van der Waals surface area contributed by atoms with E-state index in [-0.39, 0.29) is 22.9 Å². The van der Waals surface area contributed by atoms with E-state index in [2.05, 4.69) is 5.32 Å². The summed E-state index contributed by atoms with van der Waals surface area (Å²) in [6.45, 7) is 3.95. The van der Waals surface area contributed by atoms with Crippen molar-refractivity contribution in [2.45, 2.75) is 25.2 Å². The van der Waals surface area contributed by atoms with Crippen LogP contribution in [0.2, 0.25) is 0 Å². The van der Waals surface area contributed by atoms with Crippen molar-refractivity contribution >= 4 is 21.6 Å². The molecule has 2 rings (SSSR count). The fourth-order valence-electron chi connectivity index (χ4n) is 1.95. The van der Waals surface area contributed by atoms with Crippen LogP contribution in [0.5, 0.6) is 0 Å². The molecule has 0 spiro atoms. The monoisotopic (exact) mass is 286 g/mol. The van der Waals surface area contributed by atoms with E-state index in [1.54, 1.807) is 0 Å². The SMILES string of the molecule is CC1(C)CC1C(=O)Nc1ccc(S(N)(=O)=O)c(F)c1. The van der Waals surface area contributed by atoms with Crippen LogP contribution in [0.15, 0.2) is 23.1 Å². The van der Waals surface area contributed by atoms with Crippen molar-refractivity contribution in [3.8, 4) is 0 Å². The van der Waals surface area contributed by atoms with Crippen LogP contribution in [0.4, 0.5) is 10.1 Å². The molecule has 1 aliphatic carbocycles. The fourth-order valence-corrected chi connectivity index (χ4v) is 2.54. The molecule has 19 heavy (non-hydrogen) atoms. The van der Waals surface area contributed by atoms with E-state index in [0.29, 0.717) is 0 Å². The first-order valence-electron chi connectivity index (χ1n) is 5.74. The molecule has 1 atom stereocenters. The molecular weight excluding hydrogens is 271 g/mol. The lowest BCUT2D eigenvalue weighted by molar-refractivity contribution is -0.118. The summed E-state index contributed by atoms with van der Waals surface area (Å²) in [4.78, 5) is 11.2. The molecule has 1 saturated carbocycles. The third-order valence-corrected chi connectivity index (χ3v) is 4.28. The minimum Gasteiger partial charge on any atom is -0.326 e. The second kappa shape index (κ2) is 4.28. The Bertz CT molecular complexity index is 640. The smallest absolute Gasteiger partial charge is 0.240 e. The maximum atomic E-state index is 13.6. The highest BCUT2D eigenvalue weighted by atomic mass is 32.2. The third kappa shape index (κ3) is 2.93.